The van der Waals surface area contributed by atoms with Crippen LogP contribution in [0.15, 0.2) is 47.9 Å². The summed E-state index contributed by atoms with van der Waals surface area (Å²) in [6, 6.07) is 7.81. The van der Waals surface area contributed by atoms with Gasteiger partial charge in [-0.25, -0.2) is 0 Å². The number of carbonyl (C=O) groups excluding carboxylic acids is 1. The number of aryl methyl sites for hydroxylation is 1. The van der Waals surface area contributed by atoms with Crippen LogP contribution in [-0.2, 0) is 19.0 Å². The summed E-state index contributed by atoms with van der Waals surface area (Å²) in [4.78, 5) is 20.3. The molecule has 1 amide bonds. The Morgan fingerprint density at radius 1 is 1.28 bits per heavy atom. The first-order chi connectivity index (χ1) is 15.3. The smallest absolute Gasteiger partial charge is 0.246 e. The van der Waals surface area contributed by atoms with Crippen LogP contribution in [0.4, 0.5) is 0 Å². The second-order valence-corrected chi connectivity index (χ2v) is 9.10. The van der Waals surface area contributed by atoms with Crippen LogP contribution in [0.2, 0.25) is 0 Å². The average molecular weight is 440 g/mol. The van der Waals surface area contributed by atoms with Gasteiger partial charge in [0.05, 0.1) is 32.9 Å². The van der Waals surface area contributed by atoms with Gasteiger partial charge < -0.3 is 24.4 Å². The molecule has 3 aliphatic rings. The fourth-order valence-electron chi connectivity index (χ4n) is 4.59. The molecule has 0 saturated carbocycles. The van der Waals surface area contributed by atoms with E-state index < -0.39 is 11.8 Å². The van der Waals surface area contributed by atoms with Crippen molar-refractivity contribution in [1.82, 2.24) is 10.2 Å². The highest BCUT2D eigenvalue weighted by atomic mass is 16.7. The molecule has 172 valence electrons. The Morgan fingerprint density at radius 2 is 1.97 bits per heavy atom. The Bertz CT molecular complexity index is 929. The highest BCUT2D eigenvalue weighted by Crippen LogP contribution is 2.38. The summed E-state index contributed by atoms with van der Waals surface area (Å²) >= 11 is 0. The second kappa shape index (κ2) is 9.08. The van der Waals surface area contributed by atoms with Crippen molar-refractivity contribution >= 4 is 17.2 Å². The van der Waals surface area contributed by atoms with Gasteiger partial charge in [0.2, 0.25) is 5.91 Å². The molecular weight excluding hydrogens is 406 g/mol. The second-order valence-electron chi connectivity index (χ2n) is 9.10. The molecule has 0 radical (unpaired) electrons. The summed E-state index contributed by atoms with van der Waals surface area (Å²) in [5.41, 5.74) is 4.51. The lowest BCUT2D eigenvalue weighted by molar-refractivity contribution is -0.153. The number of hydrogen-bond donors (Lipinski definition) is 1. The molecule has 1 aromatic carbocycles. The summed E-state index contributed by atoms with van der Waals surface area (Å²) in [5.74, 6) is -0.359. The van der Waals surface area contributed by atoms with Crippen LogP contribution in [-0.4, -0.2) is 61.3 Å². The number of likely N-dealkylation sites (tertiary alicyclic amines) is 1. The molecule has 7 nitrogen and oxygen atoms in total. The van der Waals surface area contributed by atoms with Crippen LogP contribution in [0.3, 0.4) is 0 Å². The number of rotatable bonds is 7. The molecule has 3 heterocycles. The van der Waals surface area contributed by atoms with Gasteiger partial charge in [-0.2, -0.15) is 0 Å². The minimum absolute atomic E-state index is 0.0225. The van der Waals surface area contributed by atoms with Gasteiger partial charge in [-0.1, -0.05) is 43.7 Å². The molecule has 0 unspecified atom stereocenters. The standard InChI is InChI=1S/C25H33N3O4/c1-16(2)23(27-18(4)30-5)24(29)28-15-25(31-10-11-32-25)13-22(28)21-12-20(14-26-21)19-8-6-17(3)7-9-19/h6-9,14,16,22-23,27H,4,10-13,15H2,1-3,5H3/t22-,23-/m0/s1. The molecule has 7 heteroatoms. The third-order valence-corrected chi connectivity index (χ3v) is 6.45. The first-order valence-corrected chi connectivity index (χ1v) is 11.2. The predicted octanol–water partition coefficient (Wildman–Crippen LogP) is 3.26. The summed E-state index contributed by atoms with van der Waals surface area (Å²) in [6.45, 7) is 11.4. The molecule has 4 rings (SSSR count). The topological polar surface area (TPSA) is 72.4 Å². The van der Waals surface area contributed by atoms with Crippen LogP contribution >= 0.6 is 0 Å². The predicted molar refractivity (Wildman–Crippen MR) is 124 cm³/mol. The molecule has 0 aliphatic carbocycles. The molecule has 1 aromatic rings. The zero-order valence-electron chi connectivity index (χ0n) is 19.4. The lowest BCUT2D eigenvalue weighted by Gasteiger charge is -2.31. The molecule has 3 aliphatic heterocycles. The monoisotopic (exact) mass is 439 g/mol. The van der Waals surface area contributed by atoms with Gasteiger partial charge in [-0.3, -0.25) is 9.79 Å². The fourth-order valence-corrected chi connectivity index (χ4v) is 4.59. The van der Waals surface area contributed by atoms with Gasteiger partial charge in [-0.05, 0) is 30.6 Å². The summed E-state index contributed by atoms with van der Waals surface area (Å²) in [7, 11) is 1.54. The van der Waals surface area contributed by atoms with Crippen molar-refractivity contribution in [3.8, 4) is 0 Å². The maximum absolute atomic E-state index is 13.7. The molecule has 2 atom stereocenters. The number of amides is 1. The fraction of sp³-hybridized carbons (Fsp3) is 0.520. The number of carbonyl (C=O) groups is 1. The van der Waals surface area contributed by atoms with Gasteiger partial charge in [0.1, 0.15) is 6.04 Å². The van der Waals surface area contributed by atoms with Gasteiger partial charge in [0.15, 0.2) is 11.7 Å². The highest BCUT2D eigenvalue weighted by molar-refractivity contribution is 6.03. The Hall–Kier alpha value is -2.64. The molecule has 0 aromatic heterocycles. The number of aliphatic imine (C=N–C) groups is 1. The van der Waals surface area contributed by atoms with Gasteiger partial charge in [0, 0.05) is 24.8 Å². The number of methoxy groups -OCH3 is 1. The Kier molecular flexibility index (Phi) is 6.40. The average Bonchev–Trinajstić information content (AvgIpc) is 3.52. The molecule has 32 heavy (non-hydrogen) atoms. The van der Waals surface area contributed by atoms with Crippen molar-refractivity contribution in [2.75, 3.05) is 26.9 Å². The SMILES string of the molecule is C=C(N[C@H](C(=O)N1CC2(C[C@H]1C1=NC=C(c3ccc(C)cc3)C1)OCCO2)C(C)C)OC. The third-order valence-electron chi connectivity index (χ3n) is 6.45. The zero-order valence-corrected chi connectivity index (χ0v) is 19.4. The summed E-state index contributed by atoms with van der Waals surface area (Å²) in [5, 5.41) is 3.13. The Labute approximate surface area is 190 Å². The zero-order chi connectivity index (χ0) is 22.9. The van der Waals surface area contributed by atoms with Gasteiger partial charge in [-0.15, -0.1) is 0 Å². The number of allylic oxidation sites excluding steroid dienone is 1. The Morgan fingerprint density at radius 3 is 2.59 bits per heavy atom. The number of ether oxygens (including phenoxy) is 3. The number of nitrogens with zero attached hydrogens (tertiary/aromatic N) is 2. The molecule has 2 fully saturated rings. The van der Waals surface area contributed by atoms with Crippen molar-refractivity contribution in [1.29, 1.82) is 0 Å². The van der Waals surface area contributed by atoms with E-state index >= 15 is 0 Å². The van der Waals surface area contributed by atoms with Crippen molar-refractivity contribution in [3.63, 3.8) is 0 Å². The van der Waals surface area contributed by atoms with E-state index in [1.54, 1.807) is 0 Å². The molecule has 2 saturated heterocycles. The van der Waals surface area contributed by atoms with Crippen LogP contribution in [0.25, 0.3) is 5.57 Å². The van der Waals surface area contributed by atoms with Crippen LogP contribution in [0, 0.1) is 12.8 Å². The normalized spacial score (nSPS) is 22.8. The molecule has 0 bridgehead atoms. The molecule has 1 spiro atoms. The van der Waals surface area contributed by atoms with Crippen LogP contribution < -0.4 is 5.32 Å². The highest BCUT2D eigenvalue weighted by Gasteiger charge is 2.52. The van der Waals surface area contributed by atoms with E-state index in [2.05, 4.69) is 43.1 Å². The van der Waals surface area contributed by atoms with E-state index in [0.717, 1.165) is 16.8 Å². The van der Waals surface area contributed by atoms with E-state index in [1.165, 1.54) is 12.7 Å². The lowest BCUT2D eigenvalue weighted by Crippen LogP contribution is -2.52. The summed E-state index contributed by atoms with van der Waals surface area (Å²) < 4.78 is 17.2. The van der Waals surface area contributed by atoms with E-state index in [1.807, 2.05) is 24.9 Å². The van der Waals surface area contributed by atoms with Crippen molar-refractivity contribution < 1.29 is 19.0 Å². The van der Waals surface area contributed by atoms with Crippen molar-refractivity contribution in [3.05, 3.63) is 54.1 Å². The first kappa shape index (κ1) is 22.6. The van der Waals surface area contributed by atoms with Gasteiger partial charge >= 0.3 is 0 Å². The largest absolute Gasteiger partial charge is 0.483 e. The minimum Gasteiger partial charge on any atom is -0.483 e. The van der Waals surface area contributed by atoms with E-state index in [4.69, 9.17) is 19.2 Å². The number of benzene rings is 1. The summed E-state index contributed by atoms with van der Waals surface area (Å²) in [6.07, 6.45) is 3.22. The van der Waals surface area contributed by atoms with Gasteiger partial charge in [0.25, 0.3) is 0 Å². The number of nitrogens with one attached hydrogen (secondary N) is 1. The van der Waals surface area contributed by atoms with Crippen molar-refractivity contribution in [2.24, 2.45) is 10.9 Å². The van der Waals surface area contributed by atoms with Crippen LogP contribution in [0.1, 0.15) is 37.8 Å². The van der Waals surface area contributed by atoms with E-state index in [0.29, 0.717) is 38.5 Å². The van der Waals surface area contributed by atoms with Crippen molar-refractivity contribution in [2.45, 2.75) is 51.5 Å². The van der Waals surface area contributed by atoms with Crippen LogP contribution in [0.5, 0.6) is 0 Å². The minimum atomic E-state index is -0.755. The first-order valence-electron chi connectivity index (χ1n) is 11.2. The third kappa shape index (κ3) is 4.45. The van der Waals surface area contributed by atoms with E-state index in [-0.39, 0.29) is 17.9 Å². The Balaban J connectivity index is 1.56. The number of hydrogen-bond acceptors (Lipinski definition) is 6. The maximum atomic E-state index is 13.7. The molecular formula is C25H33N3O4. The molecule has 1 N–H and O–H groups in total. The lowest BCUT2D eigenvalue weighted by atomic mass is 9.96. The van der Waals surface area contributed by atoms with E-state index in [9.17, 15) is 4.79 Å². The maximum Gasteiger partial charge on any atom is 0.246 e. The quantitative estimate of drug-likeness (QED) is 0.661.